The summed E-state index contributed by atoms with van der Waals surface area (Å²) in [5.41, 5.74) is 5.27. The first kappa shape index (κ1) is 14.9. The van der Waals surface area contributed by atoms with Crippen LogP contribution in [0.5, 0.6) is 0 Å². The fourth-order valence-corrected chi connectivity index (χ4v) is 2.27. The number of carbonyl (C=O) groups is 2. The van der Waals surface area contributed by atoms with Crippen molar-refractivity contribution in [1.29, 1.82) is 0 Å². The van der Waals surface area contributed by atoms with Gasteiger partial charge < -0.3 is 16.0 Å². The highest BCUT2D eigenvalue weighted by atomic mass is 32.1. The number of amides is 2. The Morgan fingerprint density at radius 2 is 1.89 bits per heavy atom. The van der Waals surface area contributed by atoms with Gasteiger partial charge in [-0.25, -0.2) is 0 Å². The molecule has 0 aromatic heterocycles. The number of carbonyl (C=O) groups excluding carboxylic acids is 2. The van der Waals surface area contributed by atoms with Gasteiger partial charge in [0.25, 0.3) is 0 Å². The number of likely N-dealkylation sites (N-methyl/N-ethyl adjacent to an activating group) is 1. The molecule has 0 aromatic carbocycles. The number of hydrogen-bond donors (Lipinski definition) is 2. The predicted molar refractivity (Wildman–Crippen MR) is 74.0 cm³/mol. The minimum absolute atomic E-state index is 0.0649. The summed E-state index contributed by atoms with van der Waals surface area (Å²) >= 11 is 4.64. The van der Waals surface area contributed by atoms with Crippen LogP contribution in [0.15, 0.2) is 0 Å². The van der Waals surface area contributed by atoms with Crippen molar-refractivity contribution in [2.24, 2.45) is 11.7 Å². The topological polar surface area (TPSA) is 75.4 Å². The zero-order valence-electron chi connectivity index (χ0n) is 10.9. The predicted octanol–water partition coefficient (Wildman–Crippen LogP) is 0.426. The van der Waals surface area contributed by atoms with Crippen molar-refractivity contribution in [2.75, 3.05) is 13.6 Å². The van der Waals surface area contributed by atoms with Crippen LogP contribution in [-0.2, 0) is 9.59 Å². The van der Waals surface area contributed by atoms with Gasteiger partial charge in [0.15, 0.2) is 0 Å². The van der Waals surface area contributed by atoms with E-state index in [1.165, 1.54) is 0 Å². The van der Waals surface area contributed by atoms with Crippen LogP contribution in [0.3, 0.4) is 0 Å². The molecule has 18 heavy (non-hydrogen) atoms. The number of nitrogens with one attached hydrogen (secondary N) is 1. The second-order valence-corrected chi connectivity index (χ2v) is 5.50. The summed E-state index contributed by atoms with van der Waals surface area (Å²) in [6, 6.07) is 0.171. The number of rotatable bonds is 3. The van der Waals surface area contributed by atoms with Crippen molar-refractivity contribution in [2.45, 2.75) is 38.6 Å². The second kappa shape index (κ2) is 6.68. The van der Waals surface area contributed by atoms with Gasteiger partial charge in [-0.2, -0.15) is 0 Å². The lowest BCUT2D eigenvalue weighted by Crippen LogP contribution is -2.48. The van der Waals surface area contributed by atoms with Gasteiger partial charge in [0.1, 0.15) is 0 Å². The summed E-state index contributed by atoms with van der Waals surface area (Å²) in [4.78, 5) is 25.2. The van der Waals surface area contributed by atoms with Crippen LogP contribution < -0.4 is 11.1 Å². The molecular formula is C12H21N3O2S. The molecule has 0 aliphatic heterocycles. The van der Waals surface area contributed by atoms with Crippen molar-refractivity contribution in [3.8, 4) is 0 Å². The maximum Gasteiger partial charge on any atom is 0.311 e. The van der Waals surface area contributed by atoms with Crippen LogP contribution >= 0.6 is 12.2 Å². The van der Waals surface area contributed by atoms with Gasteiger partial charge >= 0.3 is 11.8 Å². The molecule has 1 rings (SSSR count). The Kier molecular flexibility index (Phi) is 5.53. The summed E-state index contributed by atoms with van der Waals surface area (Å²) in [5, 5.41) is 2.41. The third-order valence-electron chi connectivity index (χ3n) is 3.47. The molecule has 0 heterocycles. The molecule has 0 spiro atoms. The van der Waals surface area contributed by atoms with Gasteiger partial charge in [0, 0.05) is 13.1 Å². The zero-order chi connectivity index (χ0) is 13.7. The summed E-state index contributed by atoms with van der Waals surface area (Å²) < 4.78 is 0. The summed E-state index contributed by atoms with van der Waals surface area (Å²) in [5.74, 6) is -0.428. The molecule has 0 atom stereocenters. The normalized spacial score (nSPS) is 23.2. The maximum absolute atomic E-state index is 11.9. The van der Waals surface area contributed by atoms with Crippen molar-refractivity contribution in [1.82, 2.24) is 10.2 Å². The van der Waals surface area contributed by atoms with E-state index in [-0.39, 0.29) is 17.6 Å². The molecule has 0 bridgehead atoms. The van der Waals surface area contributed by atoms with Crippen molar-refractivity contribution in [3.05, 3.63) is 0 Å². The van der Waals surface area contributed by atoms with E-state index in [9.17, 15) is 9.59 Å². The first-order valence-corrected chi connectivity index (χ1v) is 6.66. The van der Waals surface area contributed by atoms with E-state index in [4.69, 9.17) is 5.73 Å². The third kappa shape index (κ3) is 4.25. The van der Waals surface area contributed by atoms with E-state index in [2.05, 4.69) is 24.5 Å². The fraction of sp³-hybridized carbons (Fsp3) is 0.750. The van der Waals surface area contributed by atoms with Crippen LogP contribution in [-0.4, -0.2) is 41.3 Å². The molecule has 1 aliphatic rings. The number of thiocarbonyl (C=S) groups is 1. The maximum atomic E-state index is 11.9. The zero-order valence-corrected chi connectivity index (χ0v) is 11.8. The lowest BCUT2D eigenvalue weighted by Gasteiger charge is -2.33. The van der Waals surface area contributed by atoms with Gasteiger partial charge in [-0.15, -0.1) is 0 Å². The highest BCUT2D eigenvalue weighted by Crippen LogP contribution is 2.26. The Morgan fingerprint density at radius 3 is 2.39 bits per heavy atom. The molecule has 1 fully saturated rings. The quantitative estimate of drug-likeness (QED) is 0.576. The van der Waals surface area contributed by atoms with Gasteiger partial charge in [0.2, 0.25) is 0 Å². The Balaban J connectivity index is 2.45. The molecule has 1 aliphatic carbocycles. The molecule has 0 unspecified atom stereocenters. The summed E-state index contributed by atoms with van der Waals surface area (Å²) in [6.07, 6.45) is 4.14. The Labute approximate surface area is 113 Å². The minimum atomic E-state index is -0.635. The average Bonchev–Trinajstić information content (AvgIpc) is 2.35. The van der Waals surface area contributed by atoms with Crippen molar-refractivity contribution < 1.29 is 9.59 Å². The third-order valence-corrected chi connectivity index (χ3v) is 3.62. The van der Waals surface area contributed by atoms with E-state index in [0.29, 0.717) is 5.92 Å². The number of nitrogens with zero attached hydrogens (tertiary/aromatic N) is 1. The van der Waals surface area contributed by atoms with E-state index in [1.807, 2.05) is 0 Å². The summed E-state index contributed by atoms with van der Waals surface area (Å²) in [6.45, 7) is 2.28. The Bertz CT molecular complexity index is 338. The van der Waals surface area contributed by atoms with E-state index < -0.39 is 11.8 Å². The van der Waals surface area contributed by atoms with Crippen LogP contribution in [0.4, 0.5) is 0 Å². The fourth-order valence-electron chi connectivity index (χ4n) is 2.20. The SMILES string of the molecule is CC1CCC(N(C)C(=O)C(=O)NCC(N)=S)CC1. The van der Waals surface area contributed by atoms with Gasteiger partial charge in [-0.05, 0) is 31.6 Å². The van der Waals surface area contributed by atoms with E-state index >= 15 is 0 Å². The van der Waals surface area contributed by atoms with Gasteiger partial charge in [-0.1, -0.05) is 19.1 Å². The van der Waals surface area contributed by atoms with Crippen molar-refractivity contribution in [3.63, 3.8) is 0 Å². The van der Waals surface area contributed by atoms with Crippen LogP contribution in [0, 0.1) is 5.92 Å². The smallest absolute Gasteiger partial charge is 0.311 e. The number of nitrogens with two attached hydrogens (primary N) is 1. The van der Waals surface area contributed by atoms with Gasteiger partial charge in [-0.3, -0.25) is 9.59 Å². The average molecular weight is 271 g/mol. The van der Waals surface area contributed by atoms with Crippen LogP contribution in [0.25, 0.3) is 0 Å². The standard InChI is InChI=1S/C12H21N3O2S/c1-8-3-5-9(6-4-8)15(2)12(17)11(16)14-7-10(13)18/h8-9H,3-7H2,1-2H3,(H2,13,18)(H,14,16). The van der Waals surface area contributed by atoms with Crippen LogP contribution in [0.1, 0.15) is 32.6 Å². The molecule has 0 aromatic rings. The first-order chi connectivity index (χ1) is 8.41. The molecule has 1 saturated carbocycles. The first-order valence-electron chi connectivity index (χ1n) is 6.25. The lowest BCUT2D eigenvalue weighted by molar-refractivity contribution is -0.146. The molecule has 0 saturated heterocycles. The monoisotopic (exact) mass is 271 g/mol. The van der Waals surface area contributed by atoms with Crippen LogP contribution in [0.2, 0.25) is 0 Å². The highest BCUT2D eigenvalue weighted by molar-refractivity contribution is 7.80. The molecular weight excluding hydrogens is 250 g/mol. The van der Waals surface area contributed by atoms with E-state index in [1.54, 1.807) is 11.9 Å². The largest absolute Gasteiger partial charge is 0.392 e. The molecule has 5 nitrogen and oxygen atoms in total. The molecule has 0 radical (unpaired) electrons. The number of hydrogen-bond acceptors (Lipinski definition) is 3. The van der Waals surface area contributed by atoms with E-state index in [0.717, 1.165) is 25.7 Å². The Morgan fingerprint density at radius 1 is 1.33 bits per heavy atom. The molecule has 2 amide bonds. The van der Waals surface area contributed by atoms with Crippen molar-refractivity contribution >= 4 is 29.0 Å². The summed E-state index contributed by atoms with van der Waals surface area (Å²) in [7, 11) is 1.68. The molecule has 3 N–H and O–H groups in total. The molecule has 6 heteroatoms. The molecule has 102 valence electrons. The highest BCUT2D eigenvalue weighted by Gasteiger charge is 2.28. The van der Waals surface area contributed by atoms with Gasteiger partial charge in [0.05, 0.1) is 11.5 Å². The second-order valence-electron chi connectivity index (χ2n) is 4.98. The Hall–Kier alpha value is -1.17. The lowest BCUT2D eigenvalue weighted by atomic mass is 9.87. The minimum Gasteiger partial charge on any atom is -0.392 e.